The molecule has 0 aliphatic rings. The lowest BCUT2D eigenvalue weighted by molar-refractivity contribution is -0.130. The van der Waals surface area contributed by atoms with Crippen molar-refractivity contribution in [3.05, 3.63) is 30.3 Å². The fraction of sp³-hybridized carbons (Fsp3) is 0.500. The Balaban J connectivity index is 2.12. The summed E-state index contributed by atoms with van der Waals surface area (Å²) in [6.45, 7) is 1.34. The predicted octanol–water partition coefficient (Wildman–Crippen LogP) is 2.93. The van der Waals surface area contributed by atoms with Crippen LogP contribution in [0.4, 0.5) is 0 Å². The number of hydrogen-bond donors (Lipinski definition) is 0. The number of rotatable bonds is 8. The van der Waals surface area contributed by atoms with Crippen molar-refractivity contribution in [2.45, 2.75) is 19.3 Å². The Hall–Kier alpha value is -1.22. The molecule has 0 saturated carbocycles. The van der Waals surface area contributed by atoms with Gasteiger partial charge in [0.05, 0.1) is 6.61 Å². The van der Waals surface area contributed by atoms with Crippen molar-refractivity contribution in [2.75, 3.05) is 26.1 Å². The van der Waals surface area contributed by atoms with E-state index in [1.807, 2.05) is 37.4 Å². The Morgan fingerprint density at radius 3 is 2.67 bits per heavy atom. The first-order chi connectivity index (χ1) is 8.74. The van der Waals surface area contributed by atoms with Gasteiger partial charge in [0.1, 0.15) is 5.75 Å². The zero-order valence-electron chi connectivity index (χ0n) is 10.8. The molecule has 100 valence electrons. The Morgan fingerprint density at radius 2 is 2.00 bits per heavy atom. The molecule has 0 spiro atoms. The van der Waals surface area contributed by atoms with Gasteiger partial charge < -0.3 is 9.64 Å². The molecular formula is C14H20ClNO2. The fourth-order valence-corrected chi connectivity index (χ4v) is 1.68. The molecule has 0 aromatic heterocycles. The molecule has 18 heavy (non-hydrogen) atoms. The van der Waals surface area contributed by atoms with E-state index in [4.69, 9.17) is 16.3 Å². The maximum absolute atomic E-state index is 11.6. The molecule has 1 aromatic rings. The largest absolute Gasteiger partial charge is 0.494 e. The van der Waals surface area contributed by atoms with Crippen LogP contribution in [0.2, 0.25) is 0 Å². The molecule has 0 bridgehead atoms. The zero-order valence-corrected chi connectivity index (χ0v) is 11.5. The molecule has 0 N–H and O–H groups in total. The number of benzene rings is 1. The van der Waals surface area contributed by atoms with Crippen LogP contribution in [-0.2, 0) is 4.79 Å². The maximum atomic E-state index is 11.6. The van der Waals surface area contributed by atoms with E-state index >= 15 is 0 Å². The number of amides is 1. The van der Waals surface area contributed by atoms with Gasteiger partial charge in [0.2, 0.25) is 5.91 Å². The smallest absolute Gasteiger partial charge is 0.222 e. The van der Waals surface area contributed by atoms with Gasteiger partial charge in [0.25, 0.3) is 0 Å². The van der Waals surface area contributed by atoms with Gasteiger partial charge in [0, 0.05) is 25.9 Å². The fourth-order valence-electron chi connectivity index (χ4n) is 1.54. The van der Waals surface area contributed by atoms with Gasteiger partial charge in [-0.1, -0.05) is 18.2 Å². The maximum Gasteiger partial charge on any atom is 0.222 e. The molecule has 0 aliphatic heterocycles. The highest BCUT2D eigenvalue weighted by atomic mass is 35.5. The Labute approximate surface area is 114 Å². The van der Waals surface area contributed by atoms with Gasteiger partial charge in [-0.25, -0.2) is 0 Å². The summed E-state index contributed by atoms with van der Waals surface area (Å²) in [5.41, 5.74) is 0. The molecule has 0 saturated heterocycles. The predicted molar refractivity (Wildman–Crippen MR) is 74.1 cm³/mol. The molecule has 0 aliphatic carbocycles. The average Bonchev–Trinajstić information content (AvgIpc) is 2.41. The molecule has 0 atom stereocenters. The average molecular weight is 270 g/mol. The van der Waals surface area contributed by atoms with Crippen molar-refractivity contribution in [3.63, 3.8) is 0 Å². The highest BCUT2D eigenvalue weighted by molar-refractivity contribution is 6.17. The number of nitrogens with zero attached hydrogens (tertiary/aromatic N) is 1. The van der Waals surface area contributed by atoms with Crippen LogP contribution < -0.4 is 4.74 Å². The molecule has 0 radical (unpaired) electrons. The Kier molecular flexibility index (Phi) is 7.26. The summed E-state index contributed by atoms with van der Waals surface area (Å²) < 4.78 is 5.56. The quantitative estimate of drug-likeness (QED) is 0.536. The van der Waals surface area contributed by atoms with Crippen LogP contribution in [0.1, 0.15) is 19.3 Å². The summed E-state index contributed by atoms with van der Waals surface area (Å²) in [4.78, 5) is 13.3. The second-order valence-electron chi connectivity index (χ2n) is 4.12. The van der Waals surface area contributed by atoms with E-state index in [9.17, 15) is 4.79 Å². The summed E-state index contributed by atoms with van der Waals surface area (Å²) in [7, 11) is 1.82. The standard InChI is InChI=1S/C14H20ClNO2/c1-16(14(17)9-5-10-15)11-6-12-18-13-7-3-2-4-8-13/h2-4,7-8H,5-6,9-12H2,1H3. The van der Waals surface area contributed by atoms with Crippen LogP contribution in [0.5, 0.6) is 5.75 Å². The van der Waals surface area contributed by atoms with Crippen LogP contribution >= 0.6 is 11.6 Å². The van der Waals surface area contributed by atoms with Crippen LogP contribution in [0.3, 0.4) is 0 Å². The number of carbonyl (C=O) groups is 1. The summed E-state index contributed by atoms with van der Waals surface area (Å²) in [6.07, 6.45) is 2.10. The molecular weight excluding hydrogens is 250 g/mol. The number of ether oxygens (including phenoxy) is 1. The van der Waals surface area contributed by atoms with Crippen LogP contribution in [0.25, 0.3) is 0 Å². The van der Waals surface area contributed by atoms with E-state index in [1.165, 1.54) is 0 Å². The number of hydrogen-bond acceptors (Lipinski definition) is 2. The second kappa shape index (κ2) is 8.81. The third-order valence-corrected chi connectivity index (χ3v) is 2.87. The first-order valence-electron chi connectivity index (χ1n) is 6.22. The lowest BCUT2D eigenvalue weighted by atomic mass is 10.3. The highest BCUT2D eigenvalue weighted by Gasteiger charge is 2.07. The third kappa shape index (κ3) is 5.92. The lowest BCUT2D eigenvalue weighted by Crippen LogP contribution is -2.28. The van der Waals surface area contributed by atoms with E-state index in [1.54, 1.807) is 4.90 Å². The van der Waals surface area contributed by atoms with E-state index in [-0.39, 0.29) is 5.91 Å². The van der Waals surface area contributed by atoms with Gasteiger partial charge >= 0.3 is 0 Å². The van der Waals surface area contributed by atoms with Crippen LogP contribution in [-0.4, -0.2) is 36.9 Å². The molecule has 3 nitrogen and oxygen atoms in total. The minimum absolute atomic E-state index is 0.148. The monoisotopic (exact) mass is 269 g/mol. The lowest BCUT2D eigenvalue weighted by Gasteiger charge is -2.17. The number of carbonyl (C=O) groups excluding carboxylic acids is 1. The van der Waals surface area contributed by atoms with Gasteiger partial charge in [-0.2, -0.15) is 0 Å². The van der Waals surface area contributed by atoms with Crippen molar-refractivity contribution < 1.29 is 9.53 Å². The van der Waals surface area contributed by atoms with Crippen molar-refractivity contribution in [2.24, 2.45) is 0 Å². The molecule has 1 rings (SSSR count). The normalized spacial score (nSPS) is 10.1. The van der Waals surface area contributed by atoms with Crippen molar-refractivity contribution >= 4 is 17.5 Å². The Bertz CT molecular complexity index is 343. The van der Waals surface area contributed by atoms with E-state index < -0.39 is 0 Å². The minimum atomic E-state index is 0.148. The van der Waals surface area contributed by atoms with Gasteiger partial charge in [0.15, 0.2) is 0 Å². The van der Waals surface area contributed by atoms with Crippen LogP contribution in [0, 0.1) is 0 Å². The molecule has 1 aromatic carbocycles. The van der Waals surface area contributed by atoms with E-state index in [0.29, 0.717) is 25.5 Å². The van der Waals surface area contributed by atoms with Gasteiger partial charge in [-0.05, 0) is 25.0 Å². The number of para-hydroxylation sites is 1. The number of halogens is 1. The van der Waals surface area contributed by atoms with Crippen LogP contribution in [0.15, 0.2) is 30.3 Å². The topological polar surface area (TPSA) is 29.5 Å². The highest BCUT2D eigenvalue weighted by Crippen LogP contribution is 2.08. The minimum Gasteiger partial charge on any atom is -0.494 e. The van der Waals surface area contributed by atoms with Crippen molar-refractivity contribution in [1.82, 2.24) is 4.90 Å². The van der Waals surface area contributed by atoms with Gasteiger partial charge in [-0.15, -0.1) is 11.6 Å². The SMILES string of the molecule is CN(CCCOc1ccccc1)C(=O)CCCCl. The molecule has 0 unspecified atom stereocenters. The Morgan fingerprint density at radius 1 is 1.28 bits per heavy atom. The summed E-state index contributed by atoms with van der Waals surface area (Å²) in [5, 5.41) is 0. The summed E-state index contributed by atoms with van der Waals surface area (Å²) in [5.74, 6) is 1.56. The summed E-state index contributed by atoms with van der Waals surface area (Å²) >= 11 is 5.55. The zero-order chi connectivity index (χ0) is 13.2. The van der Waals surface area contributed by atoms with Crippen molar-refractivity contribution in [3.8, 4) is 5.75 Å². The number of alkyl halides is 1. The summed E-state index contributed by atoms with van der Waals surface area (Å²) in [6, 6.07) is 9.69. The van der Waals surface area contributed by atoms with E-state index in [2.05, 4.69) is 0 Å². The first-order valence-corrected chi connectivity index (χ1v) is 6.75. The molecule has 4 heteroatoms. The third-order valence-electron chi connectivity index (χ3n) is 2.60. The first kappa shape index (κ1) is 14.8. The molecule has 0 fully saturated rings. The molecule has 1 amide bonds. The van der Waals surface area contributed by atoms with E-state index in [0.717, 1.165) is 18.6 Å². The van der Waals surface area contributed by atoms with Crippen molar-refractivity contribution in [1.29, 1.82) is 0 Å². The second-order valence-corrected chi connectivity index (χ2v) is 4.50. The van der Waals surface area contributed by atoms with Gasteiger partial charge in [-0.3, -0.25) is 4.79 Å². The molecule has 0 heterocycles.